The largest absolute Gasteiger partial charge is 0.416 e. The highest BCUT2D eigenvalue weighted by molar-refractivity contribution is 6.30. The van der Waals surface area contributed by atoms with Gasteiger partial charge in [-0.2, -0.15) is 13.2 Å². The predicted octanol–water partition coefficient (Wildman–Crippen LogP) is 3.88. The SMILES string of the molecule is Cc1ccccc1-n1nc(Cn2cc(-c3ccc(Cl)cc3)n(C[C@H](O)C(F)(F)F)c2=O)nc1[C@H](C)O. The van der Waals surface area contributed by atoms with Gasteiger partial charge in [-0.05, 0) is 43.2 Å². The van der Waals surface area contributed by atoms with E-state index in [0.29, 0.717) is 16.3 Å². The second-order valence-electron chi connectivity index (χ2n) is 8.36. The van der Waals surface area contributed by atoms with Crippen LogP contribution in [0.1, 0.15) is 30.2 Å². The minimum absolute atomic E-state index is 0.161. The van der Waals surface area contributed by atoms with E-state index >= 15 is 0 Å². The van der Waals surface area contributed by atoms with Gasteiger partial charge in [-0.3, -0.25) is 9.13 Å². The van der Waals surface area contributed by atoms with Crippen LogP contribution in [0.4, 0.5) is 13.2 Å². The van der Waals surface area contributed by atoms with Crippen molar-refractivity contribution in [3.05, 3.63) is 87.4 Å². The molecule has 8 nitrogen and oxygen atoms in total. The smallest absolute Gasteiger partial charge is 0.385 e. The zero-order chi connectivity index (χ0) is 26.2. The van der Waals surface area contributed by atoms with Crippen molar-refractivity contribution in [2.75, 3.05) is 0 Å². The van der Waals surface area contributed by atoms with E-state index in [0.717, 1.165) is 14.7 Å². The molecular weight excluding hydrogens is 499 g/mol. The lowest BCUT2D eigenvalue weighted by Gasteiger charge is -2.16. The average Bonchev–Trinajstić information content (AvgIpc) is 3.36. The van der Waals surface area contributed by atoms with Crippen LogP contribution in [0.2, 0.25) is 5.02 Å². The summed E-state index contributed by atoms with van der Waals surface area (Å²) in [6.45, 7) is 2.24. The number of hydrogen-bond donors (Lipinski definition) is 2. The first kappa shape index (κ1) is 25.7. The summed E-state index contributed by atoms with van der Waals surface area (Å²) >= 11 is 5.93. The van der Waals surface area contributed by atoms with E-state index in [2.05, 4.69) is 10.1 Å². The highest BCUT2D eigenvalue weighted by Gasteiger charge is 2.39. The minimum atomic E-state index is -4.90. The zero-order valence-corrected chi connectivity index (χ0v) is 20.1. The molecular formula is C24H23ClF3N5O3. The van der Waals surface area contributed by atoms with Gasteiger partial charge in [0.05, 0.1) is 24.5 Å². The summed E-state index contributed by atoms with van der Waals surface area (Å²) in [4.78, 5) is 17.5. The first-order chi connectivity index (χ1) is 17.0. The number of imidazole rings is 1. The highest BCUT2D eigenvalue weighted by atomic mass is 35.5. The van der Waals surface area contributed by atoms with Crippen molar-refractivity contribution in [2.45, 2.75) is 45.3 Å². The summed E-state index contributed by atoms with van der Waals surface area (Å²) in [6, 6.07) is 13.6. The monoisotopic (exact) mass is 521 g/mol. The normalized spacial score (nSPS) is 13.7. The number of aliphatic hydroxyl groups is 2. The standard InChI is InChI=1S/C24H23ClF3N5O3/c1-14-5-3-4-6-18(14)33-22(15(2)34)29-21(30-33)13-31-11-19(16-7-9-17(25)10-8-16)32(23(31)36)12-20(35)24(26,27)28/h3-11,15,20,34-35H,12-13H2,1-2H3/t15-,20-/m0/s1. The Balaban J connectivity index is 1.78. The molecule has 190 valence electrons. The van der Waals surface area contributed by atoms with Crippen molar-refractivity contribution in [1.29, 1.82) is 0 Å². The van der Waals surface area contributed by atoms with Crippen molar-refractivity contribution < 1.29 is 23.4 Å². The van der Waals surface area contributed by atoms with Crippen molar-refractivity contribution >= 4 is 11.6 Å². The molecule has 2 atom stereocenters. The third-order valence-electron chi connectivity index (χ3n) is 5.62. The van der Waals surface area contributed by atoms with Gasteiger partial charge < -0.3 is 10.2 Å². The van der Waals surface area contributed by atoms with Crippen molar-refractivity contribution in [2.24, 2.45) is 0 Å². The van der Waals surface area contributed by atoms with Crippen LogP contribution in [0.5, 0.6) is 0 Å². The van der Waals surface area contributed by atoms with E-state index in [1.54, 1.807) is 30.3 Å². The van der Waals surface area contributed by atoms with Gasteiger partial charge >= 0.3 is 11.9 Å². The Morgan fingerprint density at radius 3 is 2.36 bits per heavy atom. The maximum atomic E-state index is 13.2. The summed E-state index contributed by atoms with van der Waals surface area (Å²) in [7, 11) is 0. The fourth-order valence-electron chi connectivity index (χ4n) is 3.78. The molecule has 0 aliphatic heterocycles. The lowest BCUT2D eigenvalue weighted by atomic mass is 10.1. The van der Waals surface area contributed by atoms with Crippen LogP contribution in [0.15, 0.2) is 59.5 Å². The van der Waals surface area contributed by atoms with Gasteiger partial charge in [-0.1, -0.05) is 41.9 Å². The van der Waals surface area contributed by atoms with Gasteiger partial charge in [0, 0.05) is 11.2 Å². The van der Waals surface area contributed by atoms with Crippen LogP contribution in [-0.4, -0.2) is 46.4 Å². The fraction of sp³-hybridized carbons (Fsp3) is 0.292. The number of aromatic nitrogens is 5. The number of alkyl halides is 3. The summed E-state index contributed by atoms with van der Waals surface area (Å²) in [5.74, 6) is 0.421. The molecule has 12 heteroatoms. The number of hydrogen-bond acceptors (Lipinski definition) is 5. The first-order valence-corrected chi connectivity index (χ1v) is 11.3. The Morgan fingerprint density at radius 1 is 1.08 bits per heavy atom. The van der Waals surface area contributed by atoms with Gasteiger partial charge in [0.15, 0.2) is 17.8 Å². The molecule has 2 heterocycles. The molecule has 0 saturated heterocycles. The number of nitrogens with zero attached hydrogens (tertiary/aromatic N) is 5. The van der Waals surface area contributed by atoms with Gasteiger partial charge in [-0.15, -0.1) is 5.10 Å². The molecule has 36 heavy (non-hydrogen) atoms. The Kier molecular flexibility index (Phi) is 7.07. The predicted molar refractivity (Wildman–Crippen MR) is 127 cm³/mol. The maximum absolute atomic E-state index is 13.2. The summed E-state index contributed by atoms with van der Waals surface area (Å²) < 4.78 is 42.8. The number of para-hydroxylation sites is 1. The van der Waals surface area contributed by atoms with E-state index < -0.39 is 30.6 Å². The van der Waals surface area contributed by atoms with Crippen molar-refractivity contribution in [1.82, 2.24) is 23.9 Å². The Hall–Kier alpha value is -3.41. The number of benzene rings is 2. The molecule has 0 spiro atoms. The van der Waals surface area contributed by atoms with Crippen molar-refractivity contribution in [3.63, 3.8) is 0 Å². The van der Waals surface area contributed by atoms with Crippen LogP contribution >= 0.6 is 11.6 Å². The third-order valence-corrected chi connectivity index (χ3v) is 5.88. The van der Waals surface area contributed by atoms with Crippen LogP contribution in [0.3, 0.4) is 0 Å². The minimum Gasteiger partial charge on any atom is -0.385 e. The molecule has 2 aromatic carbocycles. The molecule has 2 aromatic heterocycles. The molecule has 0 bridgehead atoms. The molecule has 0 saturated carbocycles. The Bertz CT molecular complexity index is 1420. The summed E-state index contributed by atoms with van der Waals surface area (Å²) in [5.41, 5.74) is 1.38. The molecule has 0 amide bonds. The molecule has 4 aromatic rings. The molecule has 2 N–H and O–H groups in total. The van der Waals surface area contributed by atoms with Gasteiger partial charge in [0.25, 0.3) is 0 Å². The molecule has 0 unspecified atom stereocenters. The second kappa shape index (κ2) is 9.92. The van der Waals surface area contributed by atoms with Crippen LogP contribution in [0.25, 0.3) is 16.9 Å². The van der Waals surface area contributed by atoms with Gasteiger partial charge in [-0.25, -0.2) is 14.5 Å². The van der Waals surface area contributed by atoms with E-state index in [1.165, 1.54) is 17.8 Å². The number of halogens is 4. The maximum Gasteiger partial charge on any atom is 0.416 e. The molecule has 0 aliphatic rings. The number of aryl methyl sites for hydroxylation is 1. The Labute approximate surface area is 208 Å². The summed E-state index contributed by atoms with van der Waals surface area (Å²) in [6.07, 6.45) is -7.24. The fourth-order valence-corrected chi connectivity index (χ4v) is 3.91. The van der Waals surface area contributed by atoms with Crippen LogP contribution in [0, 0.1) is 6.92 Å². The lowest BCUT2D eigenvalue weighted by Crippen LogP contribution is -2.37. The first-order valence-electron chi connectivity index (χ1n) is 11.0. The molecule has 0 aliphatic carbocycles. The summed E-state index contributed by atoms with van der Waals surface area (Å²) in [5, 5.41) is 24.8. The highest BCUT2D eigenvalue weighted by Crippen LogP contribution is 2.26. The van der Waals surface area contributed by atoms with Gasteiger partial charge in [0.2, 0.25) is 0 Å². The van der Waals surface area contributed by atoms with E-state index in [1.807, 2.05) is 25.1 Å². The van der Waals surface area contributed by atoms with E-state index in [-0.39, 0.29) is 23.9 Å². The number of aliphatic hydroxyl groups excluding tert-OH is 2. The Morgan fingerprint density at radius 2 is 1.75 bits per heavy atom. The number of rotatable bonds is 7. The zero-order valence-electron chi connectivity index (χ0n) is 19.3. The lowest BCUT2D eigenvalue weighted by molar-refractivity contribution is -0.207. The van der Waals surface area contributed by atoms with Crippen molar-refractivity contribution in [3.8, 4) is 16.9 Å². The van der Waals surface area contributed by atoms with Crippen LogP contribution in [-0.2, 0) is 13.1 Å². The van der Waals surface area contributed by atoms with E-state index in [9.17, 15) is 28.2 Å². The third kappa shape index (κ3) is 5.23. The molecule has 0 fully saturated rings. The molecule has 0 radical (unpaired) electrons. The van der Waals surface area contributed by atoms with Crippen LogP contribution < -0.4 is 5.69 Å². The second-order valence-corrected chi connectivity index (χ2v) is 8.80. The van der Waals surface area contributed by atoms with E-state index in [4.69, 9.17) is 11.6 Å². The molecule has 4 rings (SSSR count). The van der Waals surface area contributed by atoms with Gasteiger partial charge in [0.1, 0.15) is 6.10 Å². The quantitative estimate of drug-likeness (QED) is 0.384. The topological polar surface area (TPSA) is 98.1 Å². The average molecular weight is 522 g/mol.